The number of para-hydroxylation sites is 1. The molecule has 464 valence electrons. The number of nitrogens with two attached hydrogens (primary N) is 2. The number of rotatable bonds is 24. The lowest BCUT2D eigenvalue weighted by atomic mass is 10.0. The number of primary amides is 1. The number of carboxylic acids is 1. The molecule has 5 aromatic rings. The number of phenols is 1. The van der Waals surface area contributed by atoms with Crippen LogP contribution >= 0.6 is 0 Å². The first-order chi connectivity index (χ1) is 41.7. The number of unbranched alkanes of at least 4 members (excludes halogenated alkanes) is 2. The number of carbonyl (C=O) groups excluding carboxylic acids is 10. The fourth-order valence-electron chi connectivity index (χ4n) is 9.64. The molecule has 17 N–H and O–H groups in total. The van der Waals surface area contributed by atoms with E-state index < -0.39 is 120 Å². The molecule has 2 aromatic heterocycles. The summed E-state index contributed by atoms with van der Waals surface area (Å²) in [5.74, 6) is -4.17. The third-order valence-electron chi connectivity index (χ3n) is 14.5. The average Bonchev–Trinajstić information content (AvgIpc) is 2.91. The molecule has 1 fully saturated rings. The van der Waals surface area contributed by atoms with E-state index in [0.717, 1.165) is 0 Å². The Morgan fingerprint density at radius 2 is 1.40 bits per heavy atom. The van der Waals surface area contributed by atoms with Gasteiger partial charge in [-0.15, -0.1) is 0 Å². The second-order valence-corrected chi connectivity index (χ2v) is 21.2. The van der Waals surface area contributed by atoms with Crippen LogP contribution in [0.3, 0.4) is 0 Å². The quantitative estimate of drug-likeness (QED) is 0.0226. The number of amides is 10. The molecule has 0 unspecified atom stereocenters. The van der Waals surface area contributed by atoms with Gasteiger partial charge in [0.2, 0.25) is 53.2 Å². The van der Waals surface area contributed by atoms with Gasteiger partial charge >= 0.3 is 5.97 Å². The Bertz CT molecular complexity index is 3220. The van der Waals surface area contributed by atoms with E-state index in [9.17, 15) is 63.0 Å². The van der Waals surface area contributed by atoms with Gasteiger partial charge in [0.05, 0.1) is 12.0 Å². The van der Waals surface area contributed by atoms with E-state index in [0.29, 0.717) is 46.9 Å². The molecule has 0 bridgehead atoms. The van der Waals surface area contributed by atoms with E-state index >= 15 is 0 Å². The number of hydrazine groups is 1. The summed E-state index contributed by atoms with van der Waals surface area (Å²) >= 11 is 0. The summed E-state index contributed by atoms with van der Waals surface area (Å²) < 4.78 is 0. The van der Waals surface area contributed by atoms with Crippen LogP contribution < -0.4 is 64.9 Å². The fourth-order valence-corrected chi connectivity index (χ4v) is 9.64. The van der Waals surface area contributed by atoms with Crippen molar-refractivity contribution in [3.63, 3.8) is 0 Å². The average molecular weight is 1200 g/mol. The number of carbonyl (C=O) groups is 11. The lowest BCUT2D eigenvalue weighted by Gasteiger charge is -2.28. The van der Waals surface area contributed by atoms with Crippen molar-refractivity contribution < 1.29 is 63.0 Å². The number of aliphatic carboxylic acids is 1. The molecule has 0 aliphatic carbocycles. The van der Waals surface area contributed by atoms with Gasteiger partial charge in [-0.05, 0) is 86.1 Å². The Labute approximate surface area is 501 Å². The topological polar surface area (TPSA) is 429 Å². The number of hydrogen-bond donors (Lipinski definition) is 15. The number of nitrogen functional groups attached to an aromatic ring is 1. The minimum atomic E-state index is -1.75. The Morgan fingerprint density at radius 3 is 2.09 bits per heavy atom. The largest absolute Gasteiger partial charge is 0.508 e. The van der Waals surface area contributed by atoms with Gasteiger partial charge in [0, 0.05) is 55.5 Å². The number of nitrogens with one attached hydrogen (secondary N) is 11. The van der Waals surface area contributed by atoms with Gasteiger partial charge in [-0.25, -0.2) is 10.8 Å². The van der Waals surface area contributed by atoms with Crippen LogP contribution in [0.25, 0.3) is 10.9 Å². The molecule has 1 aliphatic heterocycles. The minimum absolute atomic E-state index is 0.00382. The molecule has 10 amide bonds. The molecule has 1 saturated heterocycles. The number of H-pyrrole nitrogens is 1. The summed E-state index contributed by atoms with van der Waals surface area (Å²) in [4.78, 5) is 159. The maximum Gasteiger partial charge on any atom is 0.305 e. The zero-order valence-corrected chi connectivity index (χ0v) is 48.3. The number of pyridine rings is 1. The monoisotopic (exact) mass is 1200 g/mol. The van der Waals surface area contributed by atoms with Crippen LogP contribution in [0, 0.1) is 0 Å². The van der Waals surface area contributed by atoms with Crippen LogP contribution in [-0.4, -0.2) is 140 Å². The molecular weight excluding hydrogens is 1120 g/mol. The van der Waals surface area contributed by atoms with Crippen LogP contribution in [0.1, 0.15) is 105 Å². The van der Waals surface area contributed by atoms with Crippen molar-refractivity contribution in [3.8, 4) is 5.75 Å². The number of aromatic hydroxyl groups is 1. The van der Waals surface area contributed by atoms with Gasteiger partial charge in [-0.3, -0.25) is 52.7 Å². The summed E-state index contributed by atoms with van der Waals surface area (Å²) in [7, 11) is 0. The Kier molecular flexibility index (Phi) is 25.1. The molecule has 0 radical (unpaired) electrons. The van der Waals surface area contributed by atoms with Gasteiger partial charge in [0.25, 0.3) is 5.91 Å². The summed E-state index contributed by atoms with van der Waals surface area (Å²) in [6.45, 7) is 3.27. The van der Waals surface area contributed by atoms with Crippen molar-refractivity contribution >= 4 is 81.8 Å². The van der Waals surface area contributed by atoms with E-state index in [1.165, 1.54) is 49.5 Å². The van der Waals surface area contributed by atoms with E-state index in [2.05, 4.69) is 63.2 Å². The number of aromatic amines is 1. The van der Waals surface area contributed by atoms with E-state index in [1.54, 1.807) is 60.8 Å². The summed E-state index contributed by atoms with van der Waals surface area (Å²) in [5.41, 5.74) is 10.5. The molecule has 3 aromatic carbocycles. The van der Waals surface area contributed by atoms with E-state index in [1.807, 2.05) is 6.92 Å². The molecule has 1 aliphatic rings. The first kappa shape index (κ1) is 66.2. The van der Waals surface area contributed by atoms with Crippen LogP contribution in [0.4, 0.5) is 5.82 Å². The number of carboxylic acid groups (broad SMARTS) is 1. The number of benzene rings is 3. The summed E-state index contributed by atoms with van der Waals surface area (Å²) in [6.07, 6.45) is 2.95. The van der Waals surface area contributed by atoms with Crippen molar-refractivity contribution in [1.29, 1.82) is 0 Å². The van der Waals surface area contributed by atoms with Crippen LogP contribution in [-0.2, 0) is 67.2 Å². The molecule has 3 heterocycles. The predicted molar refractivity (Wildman–Crippen MR) is 318 cm³/mol. The number of aromatic nitrogens is 2. The Balaban J connectivity index is 1.29. The molecule has 27 heteroatoms. The molecule has 8 atom stereocenters. The number of fused-ring (bicyclic) bond motifs is 1. The first-order valence-electron chi connectivity index (χ1n) is 28.7. The van der Waals surface area contributed by atoms with Gasteiger partial charge in [-0.2, -0.15) is 0 Å². The molecule has 6 rings (SSSR count). The summed E-state index contributed by atoms with van der Waals surface area (Å²) in [5, 5.41) is 44.4. The molecule has 27 nitrogen and oxygen atoms in total. The van der Waals surface area contributed by atoms with E-state index in [4.69, 9.17) is 11.6 Å². The van der Waals surface area contributed by atoms with Crippen molar-refractivity contribution in [1.82, 2.24) is 57.8 Å². The van der Waals surface area contributed by atoms with Gasteiger partial charge in [0.1, 0.15) is 59.9 Å². The Morgan fingerprint density at radius 1 is 0.713 bits per heavy atom. The first-order valence-corrected chi connectivity index (χ1v) is 28.7. The van der Waals surface area contributed by atoms with Crippen molar-refractivity contribution in [2.45, 2.75) is 146 Å². The highest BCUT2D eigenvalue weighted by Gasteiger charge is 2.35. The predicted octanol–water partition coefficient (Wildman–Crippen LogP) is 0.415. The zero-order chi connectivity index (χ0) is 63.0. The van der Waals surface area contributed by atoms with Crippen LogP contribution in [0.15, 0.2) is 103 Å². The fraction of sp³-hybridized carbons (Fsp3) is 0.400. The van der Waals surface area contributed by atoms with Crippen LogP contribution in [0.2, 0.25) is 0 Å². The Hall–Kier alpha value is -9.92. The van der Waals surface area contributed by atoms with Crippen molar-refractivity contribution in [3.05, 3.63) is 126 Å². The highest BCUT2D eigenvalue weighted by Crippen LogP contribution is 2.21. The zero-order valence-electron chi connectivity index (χ0n) is 48.3. The molecule has 87 heavy (non-hydrogen) atoms. The third kappa shape index (κ3) is 20.7. The number of phenolic OH excluding ortho intramolecular Hbond substituents is 1. The normalized spacial score (nSPS) is 18.4. The standard InChI is InChI=1S/C60H76N14O13/c1-3-4-6-17-42(57(84)73-48(31-51(77)78)60(87)70-45(52(61)79)28-35-13-7-5-8-14-35)69-59(86)47(30-38-33-64-41-16-10-9-15-40(38)41)72-56(83)43-18-11-12-27-63-55(82)44(67-54(81)37-21-25-49(74-62)65-32-37)24-26-50(76)66-34(2)53(80)71-46(58(85)68-43)29-36-19-22-39(75)23-20-36/h5,7-10,13-16,19-23,25,32-34,42-48,64,75H,3-4,6,11-12,17-18,24,26-31,62H2,1-2H3,(H2,61,79)(H,63,82)(H,65,74)(H,66,76)(H,67,81)(H,68,85)(H,69,86)(H,70,87)(H,71,80)(H,72,83)(H,73,84)(H,77,78)/t34-,42+,43+,44+,45-,46-,47-,48-/m0/s1. The van der Waals surface area contributed by atoms with Gasteiger partial charge < -0.3 is 74.2 Å². The highest BCUT2D eigenvalue weighted by molar-refractivity contribution is 6.00. The van der Waals surface area contributed by atoms with Crippen molar-refractivity contribution in [2.75, 3.05) is 12.0 Å². The smallest absolute Gasteiger partial charge is 0.305 e. The van der Waals surface area contributed by atoms with Crippen LogP contribution in [0.5, 0.6) is 5.75 Å². The number of hydrogen-bond acceptors (Lipinski definition) is 15. The van der Waals surface area contributed by atoms with E-state index in [-0.39, 0.29) is 81.5 Å². The van der Waals surface area contributed by atoms with Crippen molar-refractivity contribution in [2.24, 2.45) is 11.6 Å². The number of nitrogens with zero attached hydrogens (tertiary/aromatic N) is 1. The number of anilines is 1. The highest BCUT2D eigenvalue weighted by atomic mass is 16.4. The lowest BCUT2D eigenvalue weighted by molar-refractivity contribution is -0.141. The summed E-state index contributed by atoms with van der Waals surface area (Å²) in [6, 6.07) is 13.1. The molecule has 0 spiro atoms. The lowest BCUT2D eigenvalue weighted by Crippen LogP contribution is -2.60. The van der Waals surface area contributed by atoms with Gasteiger partial charge in [-0.1, -0.05) is 86.8 Å². The van der Waals surface area contributed by atoms with Gasteiger partial charge in [0.15, 0.2) is 0 Å². The minimum Gasteiger partial charge on any atom is -0.508 e. The molecular formula is C60H76N14O13. The SMILES string of the molecule is CCCCC[C@@H](NC(=O)[C@H](Cc1c[nH]c2ccccc12)NC(=O)[C@H]1CCCCNC(=O)[C@H](NC(=O)c2ccc(NN)nc2)CCC(=O)N[C@@H](C)C(=O)N[C@@H](Cc2ccc(O)cc2)C(=O)N1)C(=O)N[C@@H](CC(=O)O)C(=O)N[C@@H](Cc1ccccc1)C(N)=O. The second kappa shape index (κ2) is 33.0. The third-order valence-corrected chi connectivity index (χ3v) is 14.5. The maximum absolute atomic E-state index is 15.0. The molecule has 0 saturated carbocycles. The second-order valence-electron chi connectivity index (χ2n) is 21.2. The maximum atomic E-state index is 15.0.